The minimum atomic E-state index is -0.285. The fourth-order valence-electron chi connectivity index (χ4n) is 5.52. The number of fused-ring (bicyclic) bond motifs is 2. The minimum Gasteiger partial charge on any atom is -0.490 e. The summed E-state index contributed by atoms with van der Waals surface area (Å²) in [4.78, 5) is 16.4. The second kappa shape index (κ2) is 9.49. The van der Waals surface area contributed by atoms with Gasteiger partial charge in [0.1, 0.15) is 12.4 Å². The molecule has 1 fully saturated rings. The molecular weight excluding hydrogens is 432 g/mol. The number of aryl methyl sites for hydroxylation is 1. The number of anilines is 2. The zero-order valence-electron chi connectivity index (χ0n) is 20.8. The number of aromatic nitrogens is 2. The van der Waals surface area contributed by atoms with Gasteiger partial charge in [0.2, 0.25) is 0 Å². The van der Waals surface area contributed by atoms with Crippen LogP contribution in [-0.2, 0) is 22.4 Å². The molecule has 0 aliphatic carbocycles. The van der Waals surface area contributed by atoms with Gasteiger partial charge in [-0.1, -0.05) is 13.8 Å². The largest absolute Gasteiger partial charge is 0.490 e. The first-order valence-corrected chi connectivity index (χ1v) is 12.6. The van der Waals surface area contributed by atoms with Crippen molar-refractivity contribution in [3.63, 3.8) is 0 Å². The van der Waals surface area contributed by atoms with E-state index in [0.29, 0.717) is 31.7 Å². The third-order valence-corrected chi connectivity index (χ3v) is 7.64. The van der Waals surface area contributed by atoms with Crippen LogP contribution in [0.1, 0.15) is 67.5 Å². The van der Waals surface area contributed by atoms with E-state index in [-0.39, 0.29) is 6.09 Å². The molecule has 5 rings (SSSR count). The van der Waals surface area contributed by atoms with Crippen LogP contribution in [0.3, 0.4) is 0 Å². The van der Waals surface area contributed by atoms with Gasteiger partial charge in [0.25, 0.3) is 0 Å². The zero-order chi connectivity index (χ0) is 23.8. The molecule has 3 aliphatic rings. The average Bonchev–Trinajstić information content (AvgIpc) is 3.26. The molecule has 0 radical (unpaired) electrons. The molecule has 8 nitrogen and oxygen atoms in total. The van der Waals surface area contributed by atoms with Gasteiger partial charge in [-0.3, -0.25) is 4.68 Å². The van der Waals surface area contributed by atoms with Crippen molar-refractivity contribution in [1.29, 1.82) is 0 Å². The van der Waals surface area contributed by atoms with E-state index >= 15 is 0 Å². The minimum absolute atomic E-state index is 0.285. The molecule has 1 atom stereocenters. The van der Waals surface area contributed by atoms with Crippen molar-refractivity contribution in [2.45, 2.75) is 65.0 Å². The van der Waals surface area contributed by atoms with Crippen LogP contribution < -0.4 is 9.64 Å². The maximum Gasteiger partial charge on any atom is 0.409 e. The van der Waals surface area contributed by atoms with Gasteiger partial charge in [0.15, 0.2) is 5.82 Å². The average molecular weight is 469 g/mol. The molecule has 1 saturated heterocycles. The van der Waals surface area contributed by atoms with Gasteiger partial charge in [-0.05, 0) is 55.4 Å². The number of ether oxygens (including phenoxy) is 3. The molecule has 1 aromatic carbocycles. The molecule has 1 aromatic heterocycles. The Bertz CT molecular complexity index is 1060. The summed E-state index contributed by atoms with van der Waals surface area (Å²) in [5.41, 5.74) is 6.04. The van der Waals surface area contributed by atoms with E-state index in [0.717, 1.165) is 68.3 Å². The maximum absolute atomic E-state index is 12.4. The molecule has 8 heteroatoms. The van der Waals surface area contributed by atoms with E-state index in [1.165, 1.54) is 23.9 Å². The van der Waals surface area contributed by atoms with E-state index in [1.54, 1.807) is 4.90 Å². The van der Waals surface area contributed by atoms with Crippen molar-refractivity contribution in [1.82, 2.24) is 14.7 Å². The number of rotatable bonds is 4. The van der Waals surface area contributed by atoms with Gasteiger partial charge in [0, 0.05) is 37.4 Å². The summed E-state index contributed by atoms with van der Waals surface area (Å²) in [6.45, 7) is 10.7. The number of amides is 1. The van der Waals surface area contributed by atoms with E-state index in [2.05, 4.69) is 42.5 Å². The number of nitrogens with zero attached hydrogens (tertiary/aromatic N) is 4. The van der Waals surface area contributed by atoms with Crippen LogP contribution >= 0.6 is 0 Å². The number of hydrogen-bond donors (Lipinski definition) is 0. The monoisotopic (exact) mass is 468 g/mol. The normalized spacial score (nSPS) is 19.3. The van der Waals surface area contributed by atoms with E-state index in [9.17, 15) is 4.79 Å². The number of hydrogen-bond acceptors (Lipinski definition) is 6. The molecule has 3 aliphatic heterocycles. The molecule has 1 amide bonds. The quantitative estimate of drug-likeness (QED) is 0.647. The Hall–Kier alpha value is -2.74. The first-order chi connectivity index (χ1) is 16.5. The fourth-order valence-corrected chi connectivity index (χ4v) is 5.52. The predicted octanol–water partition coefficient (Wildman–Crippen LogP) is 4.71. The van der Waals surface area contributed by atoms with Crippen LogP contribution in [0.15, 0.2) is 12.1 Å². The summed E-state index contributed by atoms with van der Waals surface area (Å²) in [7, 11) is 1.44. The molecule has 2 aromatic rings. The van der Waals surface area contributed by atoms with Gasteiger partial charge in [0.05, 0.1) is 31.9 Å². The smallest absolute Gasteiger partial charge is 0.409 e. The number of methoxy groups -OCH3 is 1. The molecule has 0 bridgehead atoms. The fraction of sp³-hybridized carbons (Fsp3) is 0.615. The third kappa shape index (κ3) is 4.02. The standard InChI is InChI=1S/C26H36N4O4/c1-5-17(2)20-15-24-23(14-18(20)3)29(10-13-34-24)25-21-16-28(26(31)32-4)9-6-22(21)30(27-25)19-7-11-33-12-8-19/h14-15,17,19H,5-13,16H2,1-4H3. The van der Waals surface area contributed by atoms with Crippen molar-refractivity contribution in [2.75, 3.05) is 44.9 Å². The predicted molar refractivity (Wildman–Crippen MR) is 130 cm³/mol. The van der Waals surface area contributed by atoms with Gasteiger partial charge in [-0.2, -0.15) is 5.10 Å². The Kier molecular flexibility index (Phi) is 6.42. The zero-order valence-corrected chi connectivity index (χ0v) is 20.8. The van der Waals surface area contributed by atoms with E-state index in [4.69, 9.17) is 19.3 Å². The van der Waals surface area contributed by atoms with Gasteiger partial charge in [-0.25, -0.2) is 4.79 Å². The summed E-state index contributed by atoms with van der Waals surface area (Å²) in [5.74, 6) is 2.34. The van der Waals surface area contributed by atoms with Gasteiger partial charge >= 0.3 is 6.09 Å². The lowest BCUT2D eigenvalue weighted by atomic mass is 9.93. The lowest BCUT2D eigenvalue weighted by molar-refractivity contribution is 0.0649. The Labute approximate surface area is 201 Å². The van der Waals surface area contributed by atoms with Gasteiger partial charge < -0.3 is 24.0 Å². The second-order valence-corrected chi connectivity index (χ2v) is 9.66. The summed E-state index contributed by atoms with van der Waals surface area (Å²) >= 11 is 0. The van der Waals surface area contributed by atoms with Crippen LogP contribution in [0.4, 0.5) is 16.3 Å². The number of carbonyl (C=O) groups excluding carboxylic acids is 1. The Morgan fingerprint density at radius 3 is 2.76 bits per heavy atom. The number of benzene rings is 1. The summed E-state index contributed by atoms with van der Waals surface area (Å²) in [5, 5.41) is 5.21. The molecule has 34 heavy (non-hydrogen) atoms. The van der Waals surface area contributed by atoms with Crippen molar-refractivity contribution in [2.24, 2.45) is 0 Å². The van der Waals surface area contributed by atoms with Crippen LogP contribution in [0.5, 0.6) is 5.75 Å². The highest BCUT2D eigenvalue weighted by molar-refractivity contribution is 5.74. The highest BCUT2D eigenvalue weighted by Crippen LogP contribution is 2.43. The lowest BCUT2D eigenvalue weighted by Crippen LogP contribution is -2.37. The Morgan fingerprint density at radius 1 is 1.24 bits per heavy atom. The number of carbonyl (C=O) groups is 1. The first kappa shape index (κ1) is 23.0. The van der Waals surface area contributed by atoms with Crippen LogP contribution in [0.25, 0.3) is 0 Å². The SMILES string of the molecule is CCC(C)c1cc2c(cc1C)N(c1nn(C3CCOCC3)c3c1CN(C(=O)OC)CC3)CCO2. The lowest BCUT2D eigenvalue weighted by Gasteiger charge is -2.33. The van der Waals surface area contributed by atoms with E-state index in [1.807, 2.05) is 0 Å². The molecule has 0 N–H and O–H groups in total. The Morgan fingerprint density at radius 2 is 2.03 bits per heavy atom. The van der Waals surface area contributed by atoms with Crippen LogP contribution in [0, 0.1) is 6.92 Å². The van der Waals surface area contributed by atoms with Crippen molar-refractivity contribution in [3.05, 3.63) is 34.5 Å². The molecule has 0 saturated carbocycles. The second-order valence-electron chi connectivity index (χ2n) is 9.66. The first-order valence-electron chi connectivity index (χ1n) is 12.6. The maximum atomic E-state index is 12.4. The Balaban J connectivity index is 1.58. The van der Waals surface area contributed by atoms with Gasteiger partial charge in [-0.15, -0.1) is 0 Å². The third-order valence-electron chi connectivity index (χ3n) is 7.64. The molecular formula is C26H36N4O4. The molecule has 1 unspecified atom stereocenters. The van der Waals surface area contributed by atoms with Crippen molar-refractivity contribution < 1.29 is 19.0 Å². The van der Waals surface area contributed by atoms with Crippen LogP contribution in [-0.4, -0.2) is 60.8 Å². The van der Waals surface area contributed by atoms with Crippen molar-refractivity contribution >= 4 is 17.6 Å². The highest BCUT2D eigenvalue weighted by Gasteiger charge is 2.34. The summed E-state index contributed by atoms with van der Waals surface area (Å²) in [6.07, 6.45) is 3.51. The summed E-state index contributed by atoms with van der Waals surface area (Å²) in [6, 6.07) is 4.79. The topological polar surface area (TPSA) is 69.1 Å². The molecule has 4 heterocycles. The van der Waals surface area contributed by atoms with E-state index < -0.39 is 0 Å². The highest BCUT2D eigenvalue weighted by atomic mass is 16.5. The summed E-state index contributed by atoms with van der Waals surface area (Å²) < 4.78 is 19.0. The molecule has 0 spiro atoms. The van der Waals surface area contributed by atoms with Crippen LogP contribution in [0.2, 0.25) is 0 Å². The van der Waals surface area contributed by atoms with Crippen molar-refractivity contribution in [3.8, 4) is 5.75 Å². The molecule has 184 valence electrons.